The molecule has 1 unspecified atom stereocenters. The van der Waals surface area contributed by atoms with Crippen LogP contribution in [0.15, 0.2) is 30.6 Å². The molecule has 1 N–H and O–H groups in total. The highest BCUT2D eigenvalue weighted by Crippen LogP contribution is 2.30. The molecule has 178 valence electrons. The summed E-state index contributed by atoms with van der Waals surface area (Å²) in [6.45, 7) is 7.06. The Morgan fingerprint density at radius 1 is 1.03 bits per heavy atom. The van der Waals surface area contributed by atoms with E-state index in [2.05, 4.69) is 43.7 Å². The van der Waals surface area contributed by atoms with Crippen LogP contribution in [0, 0.1) is 6.92 Å². The smallest absolute Gasteiger partial charge is 0.235 e. The number of pyridine rings is 1. The number of hydrogen-bond acceptors (Lipinski definition) is 10. The largest absolute Gasteiger partial charge is 0.481 e. The predicted molar refractivity (Wildman–Crippen MR) is 128 cm³/mol. The molecule has 0 aliphatic rings. The maximum Gasteiger partial charge on any atom is 0.235 e. The van der Waals surface area contributed by atoms with Crippen LogP contribution >= 0.6 is 11.9 Å². The number of methoxy groups -OCH3 is 3. The zero-order valence-corrected chi connectivity index (χ0v) is 20.7. The summed E-state index contributed by atoms with van der Waals surface area (Å²) < 4.78 is 21.5. The first-order chi connectivity index (χ1) is 16.0. The van der Waals surface area contributed by atoms with Gasteiger partial charge in [-0.15, -0.1) is 10.2 Å². The van der Waals surface area contributed by atoms with Crippen molar-refractivity contribution in [3.8, 4) is 17.4 Å². The molecule has 0 aromatic carbocycles. The molecule has 0 aliphatic carbocycles. The van der Waals surface area contributed by atoms with Gasteiger partial charge in [-0.3, -0.25) is 9.29 Å². The molecule has 0 spiro atoms. The van der Waals surface area contributed by atoms with Gasteiger partial charge in [0.15, 0.2) is 5.82 Å². The first-order valence-corrected chi connectivity index (χ1v) is 11.5. The summed E-state index contributed by atoms with van der Waals surface area (Å²) in [6.07, 6.45) is 3.68. The quantitative estimate of drug-likeness (QED) is 0.392. The highest BCUT2D eigenvalue weighted by atomic mass is 32.2. The van der Waals surface area contributed by atoms with Crippen LogP contribution in [0.5, 0.6) is 5.88 Å². The van der Waals surface area contributed by atoms with Crippen LogP contribution in [0.4, 0.5) is 5.95 Å². The van der Waals surface area contributed by atoms with E-state index in [-0.39, 0.29) is 17.2 Å². The highest BCUT2D eigenvalue weighted by molar-refractivity contribution is 8.01. The number of rotatable bonds is 12. The second-order valence-corrected chi connectivity index (χ2v) is 8.86. The molecule has 0 bridgehead atoms. The molecule has 0 amide bonds. The number of hydrogen-bond donors (Lipinski definition) is 1. The summed E-state index contributed by atoms with van der Waals surface area (Å²) in [7, 11) is 4.90. The molecule has 10 nitrogen and oxygen atoms in total. The third-order valence-electron chi connectivity index (χ3n) is 5.19. The number of anilines is 1. The molecular formula is C22H31N7O3S. The minimum Gasteiger partial charge on any atom is -0.481 e. The first kappa shape index (κ1) is 24.9. The molecule has 0 saturated heterocycles. The monoisotopic (exact) mass is 473 g/mol. The Hall–Kier alpha value is -2.76. The van der Waals surface area contributed by atoms with Crippen LogP contribution in [0.2, 0.25) is 0 Å². The van der Waals surface area contributed by atoms with Gasteiger partial charge in [0, 0.05) is 43.8 Å². The molecule has 3 rings (SSSR count). The minimum atomic E-state index is -0.158. The van der Waals surface area contributed by atoms with Gasteiger partial charge in [0.2, 0.25) is 11.8 Å². The second kappa shape index (κ2) is 11.9. The van der Waals surface area contributed by atoms with Crippen LogP contribution in [-0.4, -0.2) is 69.5 Å². The summed E-state index contributed by atoms with van der Waals surface area (Å²) >= 11 is 1.54. The Balaban J connectivity index is 1.87. The van der Waals surface area contributed by atoms with Crippen molar-refractivity contribution in [3.05, 3.63) is 42.0 Å². The predicted octanol–water partition coefficient (Wildman–Crippen LogP) is 3.53. The number of aryl methyl sites for hydroxylation is 1. The van der Waals surface area contributed by atoms with Gasteiger partial charge in [-0.2, -0.15) is 0 Å². The molecule has 0 fully saturated rings. The molecule has 3 aromatic rings. The number of aromatic nitrogens is 6. The third kappa shape index (κ3) is 6.18. The normalized spacial score (nSPS) is 13.2. The van der Waals surface area contributed by atoms with Gasteiger partial charge in [0.25, 0.3) is 0 Å². The minimum absolute atomic E-state index is 0.132. The summed E-state index contributed by atoms with van der Waals surface area (Å²) in [6, 6.07) is 5.37. The van der Waals surface area contributed by atoms with E-state index in [0.717, 1.165) is 11.4 Å². The van der Waals surface area contributed by atoms with Gasteiger partial charge in [0.1, 0.15) is 11.5 Å². The maximum absolute atomic E-state index is 5.45. The Morgan fingerprint density at radius 2 is 1.73 bits per heavy atom. The summed E-state index contributed by atoms with van der Waals surface area (Å²) in [5.41, 5.74) is 1.69. The fraction of sp³-hybridized carbons (Fsp3) is 0.500. The van der Waals surface area contributed by atoms with Gasteiger partial charge in [0.05, 0.1) is 26.4 Å². The zero-order valence-electron chi connectivity index (χ0n) is 19.8. The molecule has 33 heavy (non-hydrogen) atoms. The lowest BCUT2D eigenvalue weighted by atomic mass is 10.1. The Kier molecular flexibility index (Phi) is 8.98. The van der Waals surface area contributed by atoms with Crippen molar-refractivity contribution < 1.29 is 14.2 Å². The van der Waals surface area contributed by atoms with Gasteiger partial charge in [-0.1, -0.05) is 19.9 Å². The summed E-state index contributed by atoms with van der Waals surface area (Å²) in [5.74, 6) is 2.62. The first-order valence-electron chi connectivity index (χ1n) is 10.6. The van der Waals surface area contributed by atoms with Crippen LogP contribution in [-0.2, 0) is 9.47 Å². The Bertz CT molecular complexity index is 1010. The van der Waals surface area contributed by atoms with E-state index in [1.165, 1.54) is 0 Å². The Labute approximate surface area is 198 Å². The van der Waals surface area contributed by atoms with Crippen LogP contribution in [0.1, 0.15) is 37.2 Å². The van der Waals surface area contributed by atoms with Crippen LogP contribution in [0.25, 0.3) is 11.5 Å². The van der Waals surface area contributed by atoms with Crippen molar-refractivity contribution in [2.75, 3.05) is 39.3 Å². The van der Waals surface area contributed by atoms with E-state index in [4.69, 9.17) is 14.2 Å². The molecule has 3 aromatic heterocycles. The molecule has 0 aliphatic heterocycles. The van der Waals surface area contributed by atoms with E-state index in [1.54, 1.807) is 39.3 Å². The third-order valence-corrected chi connectivity index (χ3v) is 6.27. The van der Waals surface area contributed by atoms with Crippen molar-refractivity contribution in [2.45, 2.75) is 38.0 Å². The maximum atomic E-state index is 5.45. The SMILES string of the molecule is COCC(COC)n1c(NSC(C)[C@H](C)c2ncc(C)cn2)nnc1-c1cccc(OC)n1. The summed E-state index contributed by atoms with van der Waals surface area (Å²) in [5, 5.41) is 8.99. The lowest BCUT2D eigenvalue weighted by Crippen LogP contribution is -2.22. The van der Waals surface area contributed by atoms with Crippen LogP contribution < -0.4 is 9.46 Å². The number of nitrogens with one attached hydrogen (secondary N) is 1. The van der Waals surface area contributed by atoms with E-state index >= 15 is 0 Å². The highest BCUT2D eigenvalue weighted by Gasteiger charge is 2.25. The fourth-order valence-corrected chi connectivity index (χ4v) is 3.97. The molecule has 0 saturated carbocycles. The van der Waals surface area contributed by atoms with E-state index < -0.39 is 0 Å². The van der Waals surface area contributed by atoms with Crippen molar-refractivity contribution in [1.29, 1.82) is 0 Å². The van der Waals surface area contributed by atoms with Gasteiger partial charge in [-0.05, 0) is 30.5 Å². The average molecular weight is 474 g/mol. The van der Waals surface area contributed by atoms with Crippen molar-refractivity contribution in [1.82, 2.24) is 29.7 Å². The van der Waals surface area contributed by atoms with Crippen molar-refractivity contribution in [2.24, 2.45) is 0 Å². The number of ether oxygens (including phenoxy) is 3. The van der Waals surface area contributed by atoms with Gasteiger partial charge >= 0.3 is 0 Å². The summed E-state index contributed by atoms with van der Waals surface area (Å²) in [4.78, 5) is 13.5. The van der Waals surface area contributed by atoms with Gasteiger partial charge in [-0.25, -0.2) is 15.0 Å². The standard InChI is InChI=1S/C22H31N7O3S/c1-14-10-23-20(24-11-14)15(2)16(3)33-28-22-27-26-21(18-8-7-9-19(25-18)32-6)29(22)17(12-30-4)13-31-5/h7-11,15-17H,12-13H2,1-6H3,(H,27,28)/t15-,16?/m0/s1. The molecule has 2 atom stereocenters. The second-order valence-electron chi connectivity index (χ2n) is 7.68. The molecule has 3 heterocycles. The van der Waals surface area contributed by atoms with E-state index in [9.17, 15) is 0 Å². The van der Waals surface area contributed by atoms with Gasteiger partial charge < -0.3 is 14.2 Å². The lowest BCUT2D eigenvalue weighted by molar-refractivity contribution is 0.0908. The molecule has 11 heteroatoms. The van der Waals surface area contributed by atoms with Crippen LogP contribution in [0.3, 0.4) is 0 Å². The Morgan fingerprint density at radius 3 is 2.36 bits per heavy atom. The topological polar surface area (TPSA) is 109 Å². The van der Waals surface area contributed by atoms with E-state index in [0.29, 0.717) is 36.6 Å². The molecule has 0 radical (unpaired) electrons. The number of nitrogens with zero attached hydrogens (tertiary/aromatic N) is 6. The van der Waals surface area contributed by atoms with Crippen molar-refractivity contribution in [3.63, 3.8) is 0 Å². The lowest BCUT2D eigenvalue weighted by Gasteiger charge is -2.22. The van der Waals surface area contributed by atoms with Crippen molar-refractivity contribution >= 4 is 17.9 Å². The molecular weight excluding hydrogens is 442 g/mol. The van der Waals surface area contributed by atoms with E-state index in [1.807, 2.05) is 36.0 Å². The fourth-order valence-electron chi connectivity index (χ4n) is 3.21. The average Bonchev–Trinajstić information content (AvgIpc) is 3.26. The zero-order chi connectivity index (χ0) is 23.8.